The Labute approximate surface area is 109 Å². The fourth-order valence-corrected chi connectivity index (χ4v) is 2.81. The first-order valence-electron chi connectivity index (χ1n) is 6.41. The van der Waals surface area contributed by atoms with Crippen LogP contribution in [0.1, 0.15) is 24.6 Å². The van der Waals surface area contributed by atoms with Crippen LogP contribution < -0.4 is 0 Å². The molecule has 0 saturated heterocycles. The number of hydrogen-bond donors (Lipinski definition) is 1. The summed E-state index contributed by atoms with van der Waals surface area (Å²) >= 11 is 0. The van der Waals surface area contributed by atoms with Crippen molar-refractivity contribution >= 4 is 16.6 Å². The number of rotatable bonds is 3. The van der Waals surface area contributed by atoms with Crippen molar-refractivity contribution in [3.63, 3.8) is 0 Å². The number of nitrogens with zero attached hydrogens (tertiary/aromatic N) is 3. The number of nitro benzene ring substituents is 1. The Balaban J connectivity index is 2.32. The van der Waals surface area contributed by atoms with E-state index in [0.717, 1.165) is 35.9 Å². The Morgan fingerprint density at radius 1 is 1.53 bits per heavy atom. The summed E-state index contributed by atoms with van der Waals surface area (Å²) in [5.41, 5.74) is 2.66. The standard InChI is InChI=1S/C13H15N3O3/c1-8(17)7-15-13-11(16(18)19)6-5-9-3-2-4-10(14-15)12(9)13/h5-6,8,17H,2-4,7H2,1H3. The number of hydrogen-bond acceptors (Lipinski definition) is 4. The van der Waals surface area contributed by atoms with Crippen molar-refractivity contribution in [3.05, 3.63) is 33.5 Å². The summed E-state index contributed by atoms with van der Waals surface area (Å²) in [4.78, 5) is 10.8. The van der Waals surface area contributed by atoms with Gasteiger partial charge in [-0.2, -0.15) is 5.10 Å². The number of aromatic nitrogens is 2. The van der Waals surface area contributed by atoms with Crippen LogP contribution in [0.2, 0.25) is 0 Å². The highest BCUT2D eigenvalue weighted by molar-refractivity contribution is 5.93. The van der Waals surface area contributed by atoms with E-state index in [2.05, 4.69) is 5.10 Å². The predicted molar refractivity (Wildman–Crippen MR) is 70.1 cm³/mol. The fourth-order valence-electron chi connectivity index (χ4n) is 2.81. The molecule has 1 aromatic heterocycles. The van der Waals surface area contributed by atoms with Gasteiger partial charge in [0.25, 0.3) is 5.69 Å². The summed E-state index contributed by atoms with van der Waals surface area (Å²) in [7, 11) is 0. The van der Waals surface area contributed by atoms with Gasteiger partial charge in [-0.25, -0.2) is 0 Å². The van der Waals surface area contributed by atoms with Crippen molar-refractivity contribution in [2.45, 2.75) is 38.8 Å². The molecule has 1 heterocycles. The fraction of sp³-hybridized carbons (Fsp3) is 0.462. The number of nitro groups is 1. The van der Waals surface area contributed by atoms with E-state index in [1.165, 1.54) is 0 Å². The summed E-state index contributed by atoms with van der Waals surface area (Å²) in [5, 5.41) is 26.1. The van der Waals surface area contributed by atoms with E-state index in [9.17, 15) is 15.2 Å². The van der Waals surface area contributed by atoms with Crippen molar-refractivity contribution in [3.8, 4) is 0 Å². The molecule has 2 aromatic rings. The lowest BCUT2D eigenvalue weighted by atomic mass is 9.94. The summed E-state index contributed by atoms with van der Waals surface area (Å²) in [6.45, 7) is 1.93. The van der Waals surface area contributed by atoms with Crippen LogP contribution in [0, 0.1) is 10.1 Å². The van der Waals surface area contributed by atoms with Crippen LogP contribution in [-0.4, -0.2) is 25.9 Å². The van der Waals surface area contributed by atoms with Gasteiger partial charge in [-0.05, 0) is 31.7 Å². The highest BCUT2D eigenvalue weighted by Gasteiger charge is 2.25. The minimum Gasteiger partial charge on any atom is -0.391 e. The van der Waals surface area contributed by atoms with Crippen LogP contribution in [0.3, 0.4) is 0 Å². The average molecular weight is 261 g/mol. The molecule has 3 rings (SSSR count). The number of non-ortho nitro benzene ring substituents is 1. The van der Waals surface area contributed by atoms with Crippen molar-refractivity contribution in [1.82, 2.24) is 9.78 Å². The maximum Gasteiger partial charge on any atom is 0.295 e. The first kappa shape index (κ1) is 12.1. The van der Waals surface area contributed by atoms with Crippen molar-refractivity contribution in [2.75, 3.05) is 0 Å². The molecule has 1 atom stereocenters. The van der Waals surface area contributed by atoms with Gasteiger partial charge in [-0.1, -0.05) is 6.07 Å². The number of aryl methyl sites for hydroxylation is 2. The molecule has 1 N–H and O–H groups in total. The summed E-state index contributed by atoms with van der Waals surface area (Å²) in [6, 6.07) is 3.38. The first-order chi connectivity index (χ1) is 9.08. The van der Waals surface area contributed by atoms with E-state index >= 15 is 0 Å². The van der Waals surface area contributed by atoms with Gasteiger partial charge in [0.1, 0.15) is 5.52 Å². The lowest BCUT2D eigenvalue weighted by molar-refractivity contribution is -0.383. The van der Waals surface area contributed by atoms with Crippen molar-refractivity contribution in [2.24, 2.45) is 0 Å². The van der Waals surface area contributed by atoms with E-state index < -0.39 is 6.10 Å². The van der Waals surface area contributed by atoms with E-state index in [1.807, 2.05) is 6.07 Å². The molecule has 19 heavy (non-hydrogen) atoms. The second-order valence-electron chi connectivity index (χ2n) is 5.06. The van der Waals surface area contributed by atoms with Gasteiger partial charge in [0, 0.05) is 11.5 Å². The summed E-state index contributed by atoms with van der Waals surface area (Å²) in [6.07, 6.45) is 2.21. The lowest BCUT2D eigenvalue weighted by Crippen LogP contribution is -2.13. The molecule has 0 saturated carbocycles. The Morgan fingerprint density at radius 2 is 2.32 bits per heavy atom. The van der Waals surface area contributed by atoms with Gasteiger partial charge in [0.05, 0.1) is 23.3 Å². The van der Waals surface area contributed by atoms with Crippen LogP contribution in [0.15, 0.2) is 12.1 Å². The molecule has 100 valence electrons. The topological polar surface area (TPSA) is 81.2 Å². The highest BCUT2D eigenvalue weighted by atomic mass is 16.6. The summed E-state index contributed by atoms with van der Waals surface area (Å²) in [5.74, 6) is 0. The highest BCUT2D eigenvalue weighted by Crippen LogP contribution is 2.35. The molecule has 0 fully saturated rings. The molecule has 0 bridgehead atoms. The number of aliphatic hydroxyl groups is 1. The largest absolute Gasteiger partial charge is 0.391 e. The minimum atomic E-state index is -0.583. The van der Waals surface area contributed by atoms with Crippen molar-refractivity contribution in [1.29, 1.82) is 0 Å². The van der Waals surface area contributed by atoms with E-state index in [1.54, 1.807) is 17.7 Å². The SMILES string of the molecule is CC(O)Cn1nc2c3c(ccc([N+](=O)[O-])c31)CCC2. The molecular formula is C13H15N3O3. The zero-order chi connectivity index (χ0) is 13.6. The molecule has 0 amide bonds. The van der Waals surface area contributed by atoms with Crippen LogP contribution in [0.5, 0.6) is 0 Å². The van der Waals surface area contributed by atoms with Gasteiger partial charge >= 0.3 is 0 Å². The van der Waals surface area contributed by atoms with Gasteiger partial charge in [-0.15, -0.1) is 0 Å². The van der Waals surface area contributed by atoms with Gasteiger partial charge in [0.2, 0.25) is 0 Å². The van der Waals surface area contributed by atoms with E-state index in [4.69, 9.17) is 0 Å². The first-order valence-corrected chi connectivity index (χ1v) is 6.41. The molecule has 1 unspecified atom stereocenters. The molecule has 0 radical (unpaired) electrons. The quantitative estimate of drug-likeness (QED) is 0.675. The Morgan fingerprint density at radius 3 is 3.00 bits per heavy atom. The Kier molecular flexibility index (Phi) is 2.74. The molecular weight excluding hydrogens is 246 g/mol. The lowest BCUT2D eigenvalue weighted by Gasteiger charge is -2.10. The minimum absolute atomic E-state index is 0.0695. The molecule has 0 spiro atoms. The van der Waals surface area contributed by atoms with E-state index in [-0.39, 0.29) is 17.2 Å². The van der Waals surface area contributed by atoms with Crippen molar-refractivity contribution < 1.29 is 10.0 Å². The smallest absolute Gasteiger partial charge is 0.295 e. The van der Waals surface area contributed by atoms with Gasteiger partial charge < -0.3 is 5.11 Å². The van der Waals surface area contributed by atoms with Gasteiger partial charge in [0.15, 0.2) is 0 Å². The Hall–Kier alpha value is -1.95. The normalized spacial score (nSPS) is 15.7. The second-order valence-corrected chi connectivity index (χ2v) is 5.06. The zero-order valence-corrected chi connectivity index (χ0v) is 10.7. The molecule has 1 aliphatic carbocycles. The molecule has 0 aliphatic heterocycles. The molecule has 6 nitrogen and oxygen atoms in total. The van der Waals surface area contributed by atoms with Crippen LogP contribution in [-0.2, 0) is 19.4 Å². The second kappa shape index (κ2) is 4.31. The monoisotopic (exact) mass is 261 g/mol. The average Bonchev–Trinajstić information content (AvgIpc) is 2.69. The van der Waals surface area contributed by atoms with Crippen LogP contribution in [0.25, 0.3) is 10.9 Å². The number of aliphatic hydroxyl groups excluding tert-OH is 1. The van der Waals surface area contributed by atoms with E-state index in [0.29, 0.717) is 5.52 Å². The van der Waals surface area contributed by atoms with Crippen LogP contribution in [0.4, 0.5) is 5.69 Å². The maximum atomic E-state index is 11.2. The predicted octanol–water partition coefficient (Wildman–Crippen LogP) is 1.81. The Bertz CT molecular complexity index is 661. The van der Waals surface area contributed by atoms with Crippen LogP contribution >= 0.6 is 0 Å². The zero-order valence-electron chi connectivity index (χ0n) is 10.7. The third-order valence-electron chi connectivity index (χ3n) is 3.52. The summed E-state index contributed by atoms with van der Waals surface area (Å²) < 4.78 is 1.59. The third kappa shape index (κ3) is 1.88. The van der Waals surface area contributed by atoms with Gasteiger partial charge in [-0.3, -0.25) is 14.8 Å². The molecule has 6 heteroatoms. The molecule has 1 aliphatic rings. The third-order valence-corrected chi connectivity index (χ3v) is 3.52. The number of benzene rings is 1. The maximum absolute atomic E-state index is 11.2. The molecule has 1 aromatic carbocycles.